The highest BCUT2D eigenvalue weighted by molar-refractivity contribution is 7.47. The molecule has 0 amide bonds. The van der Waals surface area contributed by atoms with Crippen molar-refractivity contribution in [2.45, 2.75) is 303 Å². The van der Waals surface area contributed by atoms with Gasteiger partial charge in [-0.15, -0.1) is 0 Å². The van der Waals surface area contributed by atoms with Crippen LogP contribution in [0.15, 0.2) is 48.6 Å². The zero-order chi connectivity index (χ0) is 54.1. The molecule has 432 valence electrons. The summed E-state index contributed by atoms with van der Waals surface area (Å²) in [6, 6.07) is 0. The van der Waals surface area contributed by atoms with Crippen LogP contribution >= 0.6 is 7.82 Å². The average Bonchev–Trinajstić information content (AvgIpc) is 3.39. The van der Waals surface area contributed by atoms with Gasteiger partial charge in [0.25, 0.3) is 0 Å². The third kappa shape index (κ3) is 54.2. The summed E-state index contributed by atoms with van der Waals surface area (Å²) >= 11 is 0. The molecule has 0 aliphatic heterocycles. The largest absolute Gasteiger partial charge is 0.472 e. The van der Waals surface area contributed by atoms with Gasteiger partial charge < -0.3 is 24.2 Å². The second kappa shape index (κ2) is 56.6. The third-order valence-corrected chi connectivity index (χ3v) is 14.2. The fraction of sp³-hybridized carbons (Fsp3) is 0.823. The van der Waals surface area contributed by atoms with Gasteiger partial charge in [-0.05, 0) is 77.0 Å². The van der Waals surface area contributed by atoms with Gasteiger partial charge in [0.05, 0.1) is 19.8 Å². The van der Waals surface area contributed by atoms with Crippen molar-refractivity contribution in [1.29, 1.82) is 0 Å². The zero-order valence-electron chi connectivity index (χ0n) is 47.8. The Morgan fingerprint density at radius 2 is 0.676 bits per heavy atom. The lowest BCUT2D eigenvalue weighted by Crippen LogP contribution is -2.30. The fourth-order valence-corrected chi connectivity index (χ4v) is 9.31. The summed E-state index contributed by atoms with van der Waals surface area (Å²) in [7, 11) is -4.75. The van der Waals surface area contributed by atoms with Crippen molar-refractivity contribution < 1.29 is 52.2 Å². The molecule has 3 atom stereocenters. The number of hydrogen-bond donors (Lipinski definition) is 2. The van der Waals surface area contributed by atoms with Gasteiger partial charge >= 0.3 is 25.7 Å². The molecule has 12 heteroatoms. The van der Waals surface area contributed by atoms with Crippen molar-refractivity contribution in [2.24, 2.45) is 0 Å². The van der Waals surface area contributed by atoms with E-state index in [0.717, 1.165) is 109 Å². The number of aliphatic hydroxyl groups excluding tert-OH is 1. The number of allylic oxidation sites excluding steroid dienone is 8. The predicted octanol–water partition coefficient (Wildman–Crippen LogP) is 18.1. The summed E-state index contributed by atoms with van der Waals surface area (Å²) < 4.78 is 39.6. The molecule has 3 unspecified atom stereocenters. The number of ether oxygens (including phenoxy) is 3. The SMILES string of the molecule is CCCC/C=C\CCCCCCCC(=O)OC(CO)COP(=O)(O)OCC(COC(=O)CCCCCCCC/C=C\C/C=C\C/C=C\CCCCC)OC(=O)CCCCCCCCCCCCCCCCCCC. The lowest BCUT2D eigenvalue weighted by atomic mass is 10.0. The van der Waals surface area contributed by atoms with Crippen LogP contribution in [-0.2, 0) is 42.2 Å². The Labute approximate surface area is 453 Å². The minimum atomic E-state index is -4.75. The van der Waals surface area contributed by atoms with Crippen LogP contribution in [0.2, 0.25) is 0 Å². The molecule has 11 nitrogen and oxygen atoms in total. The first-order chi connectivity index (χ1) is 36.2. The monoisotopic (exact) mass is 1060 g/mol. The highest BCUT2D eigenvalue weighted by Crippen LogP contribution is 2.43. The van der Waals surface area contributed by atoms with Crippen LogP contribution in [0.1, 0.15) is 290 Å². The Bertz CT molecular complexity index is 1430. The molecule has 0 spiro atoms. The molecule has 0 aromatic rings. The van der Waals surface area contributed by atoms with E-state index in [1.165, 1.54) is 122 Å². The molecule has 0 fully saturated rings. The lowest BCUT2D eigenvalue weighted by Gasteiger charge is -2.21. The number of rotatable bonds is 57. The number of hydrogen-bond acceptors (Lipinski definition) is 10. The van der Waals surface area contributed by atoms with E-state index in [0.29, 0.717) is 19.3 Å². The zero-order valence-corrected chi connectivity index (χ0v) is 48.7. The molecule has 74 heavy (non-hydrogen) atoms. The number of carbonyl (C=O) groups excluding carboxylic acids is 3. The quantitative estimate of drug-likeness (QED) is 0.0197. The molecule has 0 saturated carbocycles. The maximum absolute atomic E-state index is 12.9. The van der Waals surface area contributed by atoms with Crippen molar-refractivity contribution >= 4 is 25.7 Å². The second-order valence-electron chi connectivity index (χ2n) is 20.5. The first kappa shape index (κ1) is 71.4. The van der Waals surface area contributed by atoms with Crippen molar-refractivity contribution in [3.63, 3.8) is 0 Å². The molecule has 0 bridgehead atoms. The standard InChI is InChI=1S/C62H113O11P/c1-4-7-10-13-16-19-22-24-26-28-29-31-32-34-37-39-42-45-48-51-60(64)69-55-59(73-62(66)53-50-47-44-41-38-35-33-30-27-25-23-20-17-14-11-8-5-2)57-71-74(67,68)70-56-58(54-63)72-61(65)52-49-46-43-40-36-21-18-15-12-9-6-3/h15-16,18-19,24,26,29,31,58-59,63H,4-14,17,20-23,25,27-28,30,32-57H2,1-3H3,(H,67,68)/b18-15-,19-16-,26-24-,31-29-. The first-order valence-electron chi connectivity index (χ1n) is 30.5. The fourth-order valence-electron chi connectivity index (χ4n) is 8.52. The molecule has 0 heterocycles. The Morgan fingerprint density at radius 1 is 0.378 bits per heavy atom. The highest BCUT2D eigenvalue weighted by Gasteiger charge is 2.28. The van der Waals surface area contributed by atoms with E-state index in [1.807, 2.05) is 0 Å². The number of unbranched alkanes of at least 4 members (excludes halogenated alkanes) is 32. The molecular formula is C62H113O11P. The third-order valence-electron chi connectivity index (χ3n) is 13.2. The van der Waals surface area contributed by atoms with E-state index in [2.05, 4.69) is 69.4 Å². The van der Waals surface area contributed by atoms with E-state index in [9.17, 15) is 28.9 Å². The smallest absolute Gasteiger partial charge is 0.462 e. The lowest BCUT2D eigenvalue weighted by molar-refractivity contribution is -0.161. The normalized spacial score (nSPS) is 13.6. The maximum Gasteiger partial charge on any atom is 0.472 e. The molecule has 0 aliphatic carbocycles. The summed E-state index contributed by atoms with van der Waals surface area (Å²) in [5, 5.41) is 9.80. The average molecular weight is 1070 g/mol. The van der Waals surface area contributed by atoms with E-state index >= 15 is 0 Å². The summed E-state index contributed by atoms with van der Waals surface area (Å²) in [5.41, 5.74) is 0. The second-order valence-corrected chi connectivity index (χ2v) is 22.0. The Morgan fingerprint density at radius 3 is 1.09 bits per heavy atom. The minimum Gasteiger partial charge on any atom is -0.462 e. The topological polar surface area (TPSA) is 155 Å². The summed E-state index contributed by atoms with van der Waals surface area (Å²) in [5.74, 6) is -1.47. The van der Waals surface area contributed by atoms with Gasteiger partial charge in [0.2, 0.25) is 0 Å². The summed E-state index contributed by atoms with van der Waals surface area (Å²) in [4.78, 5) is 48.6. The van der Waals surface area contributed by atoms with Crippen molar-refractivity contribution in [3.05, 3.63) is 48.6 Å². The van der Waals surface area contributed by atoms with Crippen LogP contribution < -0.4 is 0 Å². The highest BCUT2D eigenvalue weighted by atomic mass is 31.2. The van der Waals surface area contributed by atoms with Crippen LogP contribution in [0.5, 0.6) is 0 Å². The van der Waals surface area contributed by atoms with Crippen molar-refractivity contribution in [2.75, 3.05) is 26.4 Å². The van der Waals surface area contributed by atoms with Crippen LogP contribution in [0, 0.1) is 0 Å². The van der Waals surface area contributed by atoms with E-state index < -0.39 is 57.8 Å². The number of aliphatic hydroxyl groups is 1. The minimum absolute atomic E-state index is 0.167. The Hall–Kier alpha value is -2.56. The first-order valence-corrected chi connectivity index (χ1v) is 32.0. The van der Waals surface area contributed by atoms with Gasteiger partial charge in [0.1, 0.15) is 12.7 Å². The van der Waals surface area contributed by atoms with Crippen LogP contribution in [0.3, 0.4) is 0 Å². The van der Waals surface area contributed by atoms with Crippen molar-refractivity contribution in [1.82, 2.24) is 0 Å². The predicted molar refractivity (Wildman–Crippen MR) is 307 cm³/mol. The molecule has 0 aromatic heterocycles. The molecule has 0 aliphatic rings. The number of phosphoric acid groups is 1. The Kier molecular flexibility index (Phi) is 54.7. The van der Waals surface area contributed by atoms with Gasteiger partial charge in [-0.2, -0.15) is 0 Å². The summed E-state index contributed by atoms with van der Waals surface area (Å²) in [6.07, 6.45) is 60.7. The van der Waals surface area contributed by atoms with E-state index in [1.54, 1.807) is 0 Å². The molecule has 0 rings (SSSR count). The molecule has 0 radical (unpaired) electrons. The van der Waals surface area contributed by atoms with Gasteiger partial charge in [0.15, 0.2) is 6.10 Å². The maximum atomic E-state index is 12.9. The van der Waals surface area contributed by atoms with E-state index in [4.69, 9.17) is 23.3 Å². The van der Waals surface area contributed by atoms with Crippen molar-refractivity contribution in [3.8, 4) is 0 Å². The number of carbonyl (C=O) groups is 3. The van der Waals surface area contributed by atoms with Crippen LogP contribution in [-0.4, -0.2) is 66.5 Å². The van der Waals surface area contributed by atoms with Crippen LogP contribution in [0.4, 0.5) is 0 Å². The molecular weight excluding hydrogens is 952 g/mol. The molecule has 2 N–H and O–H groups in total. The number of phosphoric ester groups is 1. The van der Waals surface area contributed by atoms with E-state index in [-0.39, 0.29) is 25.9 Å². The molecule has 0 saturated heterocycles. The van der Waals surface area contributed by atoms with Gasteiger partial charge in [0, 0.05) is 19.3 Å². The van der Waals surface area contributed by atoms with Crippen LogP contribution in [0.25, 0.3) is 0 Å². The van der Waals surface area contributed by atoms with Gasteiger partial charge in [-0.3, -0.25) is 23.4 Å². The number of esters is 3. The van der Waals surface area contributed by atoms with Gasteiger partial charge in [-0.25, -0.2) is 4.57 Å². The Balaban J connectivity index is 4.71. The summed E-state index contributed by atoms with van der Waals surface area (Å²) in [6.45, 7) is 4.60. The molecule has 0 aromatic carbocycles. The van der Waals surface area contributed by atoms with Gasteiger partial charge in [-0.1, -0.05) is 243 Å².